The van der Waals surface area contributed by atoms with Crippen molar-refractivity contribution in [3.8, 4) is 11.5 Å². The van der Waals surface area contributed by atoms with Gasteiger partial charge in [-0.05, 0) is 125 Å². The molecule has 1 saturated heterocycles. The summed E-state index contributed by atoms with van der Waals surface area (Å²) < 4.78 is 30.0. The summed E-state index contributed by atoms with van der Waals surface area (Å²) in [6.07, 6.45) is 3.57. The number of fused-ring (bicyclic) bond motifs is 5. The molecular formula is C74H80F2N12O14S2. The van der Waals surface area contributed by atoms with Crippen LogP contribution >= 0.6 is 23.5 Å². The summed E-state index contributed by atoms with van der Waals surface area (Å²) in [6, 6.07) is 17.2. The van der Waals surface area contributed by atoms with Crippen LogP contribution < -0.4 is 43.0 Å². The molecule has 1 aliphatic carbocycles. The third-order valence-electron chi connectivity index (χ3n) is 18.6. The molecule has 8 atom stereocenters. The Morgan fingerprint density at radius 3 is 1.91 bits per heavy atom. The zero-order chi connectivity index (χ0) is 74.2. The normalized spacial score (nSPS) is 22.8. The van der Waals surface area contributed by atoms with E-state index in [4.69, 9.17) is 5.73 Å². The number of carboxylic acids is 1. The van der Waals surface area contributed by atoms with Crippen LogP contribution in [-0.2, 0) is 96.3 Å². The monoisotopic (exact) mass is 1460 g/mol. The number of carbonyl (C=O) groups is 11. The highest BCUT2D eigenvalue weighted by molar-refractivity contribution is 7.98. The number of carboxylic acid groups (broad SMARTS) is 1. The Bertz CT molecular complexity index is 4390. The van der Waals surface area contributed by atoms with Gasteiger partial charge in [0.1, 0.15) is 59.4 Å². The SMILES string of the molecule is C[C@@]12CCCN1C(=O)[C@H](Cc1ccc(O)cc1)NC(=O)[C@H](Cc1cnc[nH]1)NC(=O)[C@H](CC(=O)O)NC(=O)[C@H](CC1=CCc3ccc(F)cc31)NC(=O)[C@H](Cc1c[nH]c3ccc(F)cc13)NC(=O)CNC(=O)[C@H](Cc1ccc(O)cc1)NC(=O)CCSCc1cccc(c1)CSC[C@@H](C(N)=O)CC2=O. The number of thioether (sulfide) groups is 2. The third-order valence-corrected chi connectivity index (χ3v) is 20.8. The lowest BCUT2D eigenvalue weighted by Gasteiger charge is -2.37. The Hall–Kier alpha value is -10.9. The van der Waals surface area contributed by atoms with Crippen LogP contribution in [0.1, 0.15) is 90.1 Å². The molecule has 2 aromatic heterocycles. The van der Waals surface area contributed by atoms with Gasteiger partial charge in [0.25, 0.3) is 0 Å². The highest BCUT2D eigenvalue weighted by atomic mass is 32.2. The van der Waals surface area contributed by atoms with E-state index < -0.39 is 144 Å². The first-order valence-corrected chi connectivity index (χ1v) is 36.1. The zero-order valence-electron chi connectivity index (χ0n) is 56.6. The van der Waals surface area contributed by atoms with Crippen molar-refractivity contribution in [2.24, 2.45) is 11.7 Å². The van der Waals surface area contributed by atoms with E-state index in [0.29, 0.717) is 68.0 Å². The largest absolute Gasteiger partial charge is 0.508 e. The van der Waals surface area contributed by atoms with E-state index in [0.717, 1.165) is 11.1 Å². The number of aromatic hydroxyl groups is 2. The molecule has 0 spiro atoms. The van der Waals surface area contributed by atoms with Crippen molar-refractivity contribution in [1.29, 1.82) is 0 Å². The number of hydrogen-bond donors (Lipinski definition) is 13. The highest BCUT2D eigenvalue weighted by Crippen LogP contribution is 2.35. The fraction of sp³-hybridized carbons (Fsp3) is 0.351. The van der Waals surface area contributed by atoms with Crippen LogP contribution in [0, 0.1) is 17.6 Å². The van der Waals surface area contributed by atoms with Gasteiger partial charge < -0.3 is 73.1 Å². The van der Waals surface area contributed by atoms with Crippen LogP contribution in [0.5, 0.6) is 11.5 Å². The van der Waals surface area contributed by atoms with Gasteiger partial charge in [0.15, 0.2) is 5.78 Å². The molecular weight excluding hydrogens is 1380 g/mol. The number of ketones is 1. The molecule has 3 aliphatic rings. The summed E-state index contributed by atoms with van der Waals surface area (Å²) in [5, 5.41) is 49.3. The maximum Gasteiger partial charge on any atom is 0.305 e. The number of nitrogens with one attached hydrogen (secondary N) is 9. The lowest BCUT2D eigenvalue weighted by molar-refractivity contribution is -0.146. The first-order chi connectivity index (χ1) is 49.8. The van der Waals surface area contributed by atoms with Gasteiger partial charge in [-0.3, -0.25) is 52.7 Å². The van der Waals surface area contributed by atoms with Gasteiger partial charge >= 0.3 is 5.97 Å². The molecule has 5 aromatic carbocycles. The van der Waals surface area contributed by atoms with Crippen molar-refractivity contribution >= 4 is 105 Å². The average Bonchev–Trinajstić information content (AvgIpc) is 1.51. The minimum absolute atomic E-state index is 0.0377. The van der Waals surface area contributed by atoms with Crippen LogP contribution in [-0.4, -0.2) is 166 Å². The molecule has 0 saturated carbocycles. The molecule has 14 N–H and O–H groups in total. The highest BCUT2D eigenvalue weighted by Gasteiger charge is 2.48. The predicted molar refractivity (Wildman–Crippen MR) is 382 cm³/mol. The molecule has 0 radical (unpaired) electrons. The van der Waals surface area contributed by atoms with E-state index in [2.05, 4.69) is 52.2 Å². The number of carbonyl (C=O) groups excluding carboxylic acids is 10. The Kier molecular flexibility index (Phi) is 25.4. The van der Waals surface area contributed by atoms with Gasteiger partial charge in [-0.2, -0.15) is 23.5 Å². The van der Waals surface area contributed by atoms with Crippen LogP contribution in [0.4, 0.5) is 8.78 Å². The Balaban J connectivity index is 0.986. The number of phenolic OH excluding ortho intramolecular Hbond substituents is 2. The molecule has 2 aliphatic heterocycles. The van der Waals surface area contributed by atoms with E-state index in [9.17, 15) is 53.3 Å². The number of rotatable bonds is 13. The number of aromatic nitrogens is 3. The lowest BCUT2D eigenvalue weighted by Crippen LogP contribution is -2.61. The van der Waals surface area contributed by atoms with E-state index in [-0.39, 0.29) is 80.9 Å². The van der Waals surface area contributed by atoms with Crippen LogP contribution in [0.3, 0.4) is 0 Å². The van der Waals surface area contributed by atoms with Crippen molar-refractivity contribution in [3.63, 3.8) is 0 Å². The number of phenols is 2. The topological polar surface area (TPSA) is 406 Å². The summed E-state index contributed by atoms with van der Waals surface area (Å²) in [5.74, 6) is -11.3. The third kappa shape index (κ3) is 20.3. The molecule has 26 nitrogen and oxygen atoms in total. The molecule has 10 rings (SSSR count). The number of allylic oxidation sites excluding steroid dienone is 1. The quantitative estimate of drug-likeness (QED) is 0.0761. The van der Waals surface area contributed by atoms with E-state index in [1.807, 2.05) is 24.3 Å². The van der Waals surface area contributed by atoms with Gasteiger partial charge in [0.05, 0.1) is 30.7 Å². The van der Waals surface area contributed by atoms with Gasteiger partial charge in [-0.1, -0.05) is 60.7 Å². The standard InChI is InChI=1S/C74H80F2N12O14S2/c1-74-21-3-22-88(74)73(102)62(26-42-8-17-53(90)18-9-42)87-71(100)60(32-51-35-78-40-81-51)85-72(101)61(33-66(94)95)86-70(99)59(27-46-11-10-45-12-13-49(75)30-54(45)46)84-69(98)58(28-47-34-79-56-19-14-50(76)31-55(47)56)83-65(93)36-80-68(97)57(25-41-6-15-52(89)16-7-41)82-64(92)20-23-103-37-43-4-2-5-44(24-43)38-104-39-48(67(77)96)29-63(74)91/h2,4-9,11-19,24,30-31,34-35,40,48,57-62,79,89-90H,3,10,20-23,25-29,32-33,36-39H2,1H3,(H2,77,96)(H,78,81)(H,80,97)(H,82,92)(H,83,93)(H,84,98)(H,85,101)(H,86,99)(H,87,100)(H,94,95)/t48-,57-,58-,59-,60-,61-,62-,74-/m0/s1. The van der Waals surface area contributed by atoms with Crippen LogP contribution in [0.25, 0.3) is 16.5 Å². The molecule has 4 heterocycles. The molecule has 30 heteroatoms. The van der Waals surface area contributed by atoms with Gasteiger partial charge in [0, 0.05) is 103 Å². The number of aromatic amines is 2. The van der Waals surface area contributed by atoms with Gasteiger partial charge in [-0.15, -0.1) is 0 Å². The summed E-state index contributed by atoms with van der Waals surface area (Å²) in [4.78, 5) is 170. The smallest absolute Gasteiger partial charge is 0.305 e. The van der Waals surface area contributed by atoms with Crippen molar-refractivity contribution in [1.82, 2.24) is 57.1 Å². The number of nitrogens with two attached hydrogens (primary N) is 1. The molecule has 546 valence electrons. The first-order valence-electron chi connectivity index (χ1n) is 33.8. The number of imidazole rings is 1. The molecule has 0 unspecified atom stereocenters. The number of aliphatic carboxylic acids is 1. The van der Waals surface area contributed by atoms with Crippen molar-refractivity contribution in [2.75, 3.05) is 24.6 Å². The second kappa shape index (κ2) is 34.9. The summed E-state index contributed by atoms with van der Waals surface area (Å²) in [6.45, 7) is 0.843. The minimum atomic E-state index is -2.04. The molecule has 9 amide bonds. The van der Waals surface area contributed by atoms with Gasteiger partial charge in [-0.25, -0.2) is 13.8 Å². The zero-order valence-corrected chi connectivity index (χ0v) is 58.3. The summed E-state index contributed by atoms with van der Waals surface area (Å²) >= 11 is 2.83. The number of benzene rings is 5. The van der Waals surface area contributed by atoms with Crippen molar-refractivity contribution in [3.05, 3.63) is 190 Å². The van der Waals surface area contributed by atoms with Crippen molar-refractivity contribution < 1.29 is 76.8 Å². The molecule has 104 heavy (non-hydrogen) atoms. The second-order valence-corrected chi connectivity index (χ2v) is 28.3. The molecule has 7 aromatic rings. The number of primary amides is 1. The van der Waals surface area contributed by atoms with E-state index in [1.165, 1.54) is 120 Å². The number of H-pyrrole nitrogens is 2. The second-order valence-electron chi connectivity index (χ2n) is 26.2. The fourth-order valence-corrected chi connectivity index (χ4v) is 14.9. The van der Waals surface area contributed by atoms with Crippen LogP contribution in [0.2, 0.25) is 0 Å². The number of hydrogen-bond acceptors (Lipinski definition) is 16. The minimum Gasteiger partial charge on any atom is -0.508 e. The Morgan fingerprint density at radius 1 is 0.654 bits per heavy atom. The van der Waals surface area contributed by atoms with Gasteiger partial charge in [0.2, 0.25) is 53.2 Å². The number of halogens is 2. The van der Waals surface area contributed by atoms with E-state index >= 15 is 23.6 Å². The lowest BCUT2D eigenvalue weighted by atomic mass is 9.86. The maximum absolute atomic E-state index is 15.3. The number of nitrogens with zero attached hydrogens (tertiary/aromatic N) is 2. The molecule has 2 bridgehead atoms. The fourth-order valence-electron chi connectivity index (χ4n) is 12.9. The average molecular weight is 1460 g/mol. The van der Waals surface area contributed by atoms with Crippen molar-refractivity contribution in [2.45, 2.75) is 131 Å². The summed E-state index contributed by atoms with van der Waals surface area (Å²) in [5.41, 5.74) is 9.62. The Labute approximate surface area is 604 Å². The predicted octanol–water partition coefficient (Wildman–Crippen LogP) is 4.39. The summed E-state index contributed by atoms with van der Waals surface area (Å²) in [7, 11) is 0. The Morgan fingerprint density at radius 2 is 1.25 bits per heavy atom. The number of amides is 9. The van der Waals surface area contributed by atoms with E-state index in [1.54, 1.807) is 25.1 Å². The maximum atomic E-state index is 15.3. The molecule has 1 fully saturated rings. The number of Topliss-reactive ketones (excluding diaryl/α,β-unsaturated/α-hetero) is 1. The first kappa shape index (κ1) is 75.8. The van der Waals surface area contributed by atoms with Crippen LogP contribution in [0.15, 0.2) is 134 Å².